The summed E-state index contributed by atoms with van der Waals surface area (Å²) in [7, 11) is 0. The van der Waals surface area contributed by atoms with Gasteiger partial charge in [0.1, 0.15) is 0 Å². The summed E-state index contributed by atoms with van der Waals surface area (Å²) >= 11 is 0. The monoisotopic (exact) mass is 302 g/mol. The maximum absolute atomic E-state index is 12.7. The van der Waals surface area contributed by atoms with Crippen LogP contribution >= 0.6 is 0 Å². The van der Waals surface area contributed by atoms with Gasteiger partial charge < -0.3 is 10.0 Å². The van der Waals surface area contributed by atoms with Gasteiger partial charge in [-0.25, -0.2) is 0 Å². The number of nitrogens with zero attached hydrogens (tertiary/aromatic N) is 2. The van der Waals surface area contributed by atoms with Crippen LogP contribution in [0.5, 0.6) is 0 Å². The molecule has 6 heteroatoms. The molecule has 1 aromatic rings. The molecule has 0 spiro atoms. The van der Waals surface area contributed by atoms with E-state index in [-0.39, 0.29) is 6.04 Å². The second-order valence-corrected chi connectivity index (χ2v) is 5.55. The van der Waals surface area contributed by atoms with Crippen LogP contribution in [0, 0.1) is 0 Å². The smallest absolute Gasteiger partial charge is 0.392 e. The fourth-order valence-corrected chi connectivity index (χ4v) is 2.57. The van der Waals surface area contributed by atoms with Crippen LogP contribution in [0.3, 0.4) is 0 Å². The van der Waals surface area contributed by atoms with Crippen molar-refractivity contribution in [2.45, 2.75) is 32.2 Å². The molecule has 1 aromatic carbocycles. The normalized spacial score (nSPS) is 20.4. The standard InChI is InChI=1S/C15H21F3N2O/c1-11(12(2)21)19-6-8-20(9-7-19)14-5-3-4-13(10-14)15(16,17)18/h3-5,10-12,21H,6-9H2,1-2H3. The van der Waals surface area contributed by atoms with Gasteiger partial charge in [-0.05, 0) is 32.0 Å². The molecule has 1 aliphatic rings. The summed E-state index contributed by atoms with van der Waals surface area (Å²) < 4.78 is 38.2. The third-order valence-electron chi connectivity index (χ3n) is 4.13. The van der Waals surface area contributed by atoms with Crippen molar-refractivity contribution in [1.82, 2.24) is 4.90 Å². The van der Waals surface area contributed by atoms with Crippen molar-refractivity contribution in [3.05, 3.63) is 29.8 Å². The van der Waals surface area contributed by atoms with Crippen molar-refractivity contribution in [2.75, 3.05) is 31.1 Å². The molecule has 2 rings (SSSR count). The van der Waals surface area contributed by atoms with E-state index in [0.717, 1.165) is 19.2 Å². The lowest BCUT2D eigenvalue weighted by Gasteiger charge is -2.40. The molecule has 0 radical (unpaired) electrons. The lowest BCUT2D eigenvalue weighted by Crippen LogP contribution is -2.52. The second kappa shape index (κ2) is 6.23. The molecular formula is C15H21F3N2O. The zero-order valence-corrected chi connectivity index (χ0v) is 12.3. The van der Waals surface area contributed by atoms with Crippen molar-refractivity contribution in [3.63, 3.8) is 0 Å². The maximum Gasteiger partial charge on any atom is 0.416 e. The van der Waals surface area contributed by atoms with E-state index in [1.807, 2.05) is 11.8 Å². The van der Waals surface area contributed by atoms with Gasteiger partial charge >= 0.3 is 6.18 Å². The number of halogens is 3. The summed E-state index contributed by atoms with van der Waals surface area (Å²) in [5.41, 5.74) is -0.00560. The predicted molar refractivity (Wildman–Crippen MR) is 76.4 cm³/mol. The van der Waals surface area contributed by atoms with Crippen LogP contribution in [0.2, 0.25) is 0 Å². The number of anilines is 1. The van der Waals surface area contributed by atoms with Crippen LogP contribution in [0.4, 0.5) is 18.9 Å². The molecule has 1 fully saturated rings. The molecule has 0 bridgehead atoms. The largest absolute Gasteiger partial charge is 0.416 e. The molecule has 1 aliphatic heterocycles. The number of alkyl halides is 3. The minimum atomic E-state index is -4.31. The van der Waals surface area contributed by atoms with E-state index in [1.54, 1.807) is 13.0 Å². The van der Waals surface area contributed by atoms with Crippen molar-refractivity contribution >= 4 is 5.69 Å². The molecular weight excluding hydrogens is 281 g/mol. The van der Waals surface area contributed by atoms with Crippen LogP contribution in [-0.4, -0.2) is 48.3 Å². The van der Waals surface area contributed by atoms with E-state index < -0.39 is 17.8 Å². The quantitative estimate of drug-likeness (QED) is 0.930. The molecule has 2 unspecified atom stereocenters. The van der Waals surface area contributed by atoms with Gasteiger partial charge in [-0.3, -0.25) is 4.90 Å². The summed E-state index contributed by atoms with van der Waals surface area (Å²) in [6.45, 7) is 6.52. The van der Waals surface area contributed by atoms with E-state index in [0.29, 0.717) is 18.8 Å². The number of piperazine rings is 1. The van der Waals surface area contributed by atoms with Crippen LogP contribution in [0.1, 0.15) is 19.4 Å². The molecule has 21 heavy (non-hydrogen) atoms. The molecule has 0 aromatic heterocycles. The first kappa shape index (κ1) is 16.1. The number of aliphatic hydroxyl groups is 1. The highest BCUT2D eigenvalue weighted by Gasteiger charge is 2.31. The molecule has 1 N–H and O–H groups in total. The molecule has 0 amide bonds. The number of aliphatic hydroxyl groups excluding tert-OH is 1. The van der Waals surface area contributed by atoms with Crippen molar-refractivity contribution < 1.29 is 18.3 Å². The Morgan fingerprint density at radius 3 is 2.24 bits per heavy atom. The topological polar surface area (TPSA) is 26.7 Å². The van der Waals surface area contributed by atoms with Crippen LogP contribution in [0.15, 0.2) is 24.3 Å². The zero-order chi connectivity index (χ0) is 15.6. The highest BCUT2D eigenvalue weighted by Crippen LogP contribution is 2.31. The van der Waals surface area contributed by atoms with E-state index in [1.165, 1.54) is 12.1 Å². The highest BCUT2D eigenvalue weighted by atomic mass is 19.4. The van der Waals surface area contributed by atoms with E-state index in [4.69, 9.17) is 0 Å². The Bertz CT molecular complexity index is 468. The summed E-state index contributed by atoms with van der Waals surface area (Å²) in [4.78, 5) is 4.12. The third kappa shape index (κ3) is 3.89. The Kier molecular flexibility index (Phi) is 4.78. The molecule has 1 saturated heterocycles. The zero-order valence-electron chi connectivity index (χ0n) is 12.3. The molecule has 0 saturated carbocycles. The summed E-state index contributed by atoms with van der Waals surface area (Å²) in [5.74, 6) is 0. The Balaban J connectivity index is 2.03. The van der Waals surface area contributed by atoms with Gasteiger partial charge in [0.2, 0.25) is 0 Å². The van der Waals surface area contributed by atoms with Crippen LogP contribution in [0.25, 0.3) is 0 Å². The lowest BCUT2D eigenvalue weighted by atomic mass is 10.1. The van der Waals surface area contributed by atoms with Gasteiger partial charge in [-0.1, -0.05) is 6.07 Å². The average molecular weight is 302 g/mol. The first-order valence-electron chi connectivity index (χ1n) is 7.13. The van der Waals surface area contributed by atoms with Crippen LogP contribution < -0.4 is 4.90 Å². The van der Waals surface area contributed by atoms with Crippen molar-refractivity contribution in [1.29, 1.82) is 0 Å². The first-order valence-corrected chi connectivity index (χ1v) is 7.13. The summed E-state index contributed by atoms with van der Waals surface area (Å²) in [5, 5.41) is 9.60. The van der Waals surface area contributed by atoms with E-state index in [2.05, 4.69) is 4.90 Å². The number of rotatable bonds is 3. The highest BCUT2D eigenvalue weighted by molar-refractivity contribution is 5.49. The SMILES string of the molecule is CC(O)C(C)N1CCN(c2cccc(C(F)(F)F)c2)CC1. The first-order chi connectivity index (χ1) is 9.79. The fourth-order valence-electron chi connectivity index (χ4n) is 2.57. The minimum Gasteiger partial charge on any atom is -0.392 e. The second-order valence-electron chi connectivity index (χ2n) is 5.55. The van der Waals surface area contributed by atoms with E-state index >= 15 is 0 Å². The molecule has 1 heterocycles. The number of hydrogen-bond acceptors (Lipinski definition) is 3. The number of benzene rings is 1. The molecule has 3 nitrogen and oxygen atoms in total. The lowest BCUT2D eigenvalue weighted by molar-refractivity contribution is -0.137. The maximum atomic E-state index is 12.7. The fraction of sp³-hybridized carbons (Fsp3) is 0.600. The minimum absolute atomic E-state index is 0.0636. The van der Waals surface area contributed by atoms with Gasteiger partial charge in [-0.2, -0.15) is 13.2 Å². The van der Waals surface area contributed by atoms with Gasteiger partial charge in [0, 0.05) is 37.9 Å². The summed E-state index contributed by atoms with van der Waals surface area (Å²) in [6, 6.07) is 5.52. The Labute approximate surface area is 123 Å². The third-order valence-corrected chi connectivity index (χ3v) is 4.13. The summed E-state index contributed by atoms with van der Waals surface area (Å²) in [6.07, 6.45) is -4.72. The van der Waals surface area contributed by atoms with Gasteiger partial charge in [0.15, 0.2) is 0 Å². The predicted octanol–water partition coefficient (Wildman–Crippen LogP) is 2.60. The van der Waals surface area contributed by atoms with Crippen molar-refractivity contribution in [2.24, 2.45) is 0 Å². The Morgan fingerprint density at radius 1 is 1.10 bits per heavy atom. The van der Waals surface area contributed by atoms with E-state index in [9.17, 15) is 18.3 Å². The Hall–Kier alpha value is -1.27. The molecule has 118 valence electrons. The number of hydrogen-bond donors (Lipinski definition) is 1. The average Bonchev–Trinajstić information content (AvgIpc) is 2.46. The molecule has 2 atom stereocenters. The van der Waals surface area contributed by atoms with Gasteiger partial charge in [0.05, 0.1) is 11.7 Å². The van der Waals surface area contributed by atoms with Gasteiger partial charge in [-0.15, -0.1) is 0 Å². The van der Waals surface area contributed by atoms with Crippen LogP contribution in [-0.2, 0) is 6.18 Å². The Morgan fingerprint density at radius 2 is 1.71 bits per heavy atom. The van der Waals surface area contributed by atoms with Crippen molar-refractivity contribution in [3.8, 4) is 0 Å². The van der Waals surface area contributed by atoms with Gasteiger partial charge in [0.25, 0.3) is 0 Å². The molecule has 0 aliphatic carbocycles.